The lowest BCUT2D eigenvalue weighted by Crippen LogP contribution is -2.19. The molecule has 2 N–H and O–H groups in total. The maximum atomic E-state index is 11.2. The number of nitrogens with one attached hydrogen (secondary N) is 1. The summed E-state index contributed by atoms with van der Waals surface area (Å²) in [7, 11) is 0. The van der Waals surface area contributed by atoms with Gasteiger partial charge in [0.1, 0.15) is 11.4 Å². The smallest absolute Gasteiger partial charge is 0.339 e. The van der Waals surface area contributed by atoms with Crippen molar-refractivity contribution in [2.45, 2.75) is 26.3 Å². The van der Waals surface area contributed by atoms with E-state index in [2.05, 4.69) is 16.6 Å². The lowest BCUT2D eigenvalue weighted by Gasteiger charge is -2.16. The number of aromatic carboxylic acids is 1. The molecule has 0 aliphatic rings. The van der Waals surface area contributed by atoms with Crippen LogP contribution >= 0.6 is 11.8 Å². The number of thioether (sulfide) groups is 1. The van der Waals surface area contributed by atoms with Crippen LogP contribution < -0.4 is 5.32 Å². The van der Waals surface area contributed by atoms with Crippen molar-refractivity contribution in [3.63, 3.8) is 0 Å². The van der Waals surface area contributed by atoms with Crippen LogP contribution in [0.2, 0.25) is 0 Å². The molecular formula is C12H18N2O2S. The molecule has 0 bridgehead atoms. The summed E-state index contributed by atoms with van der Waals surface area (Å²) in [5.41, 5.74) is 0.996. The second-order valence-electron chi connectivity index (χ2n) is 3.98. The van der Waals surface area contributed by atoms with Crippen molar-refractivity contribution in [3.05, 3.63) is 23.4 Å². The molecule has 0 saturated carbocycles. The summed E-state index contributed by atoms with van der Waals surface area (Å²) in [6, 6.07) is 1.93. The van der Waals surface area contributed by atoms with E-state index in [0.29, 0.717) is 5.82 Å². The van der Waals surface area contributed by atoms with Gasteiger partial charge in [-0.3, -0.25) is 0 Å². The van der Waals surface area contributed by atoms with Crippen molar-refractivity contribution >= 4 is 23.5 Å². The Kier molecular flexibility index (Phi) is 5.28. The number of nitrogens with zero attached hydrogens (tertiary/aromatic N) is 1. The molecule has 1 aromatic rings. The standard InChI is InChI=1S/C12H18N2O2S/c1-8-4-6-13-11(10(8)12(15)16)14-9(2)5-7-17-3/h4,6,9H,5,7H2,1-3H3,(H,13,14)(H,15,16). The quantitative estimate of drug-likeness (QED) is 0.817. The highest BCUT2D eigenvalue weighted by molar-refractivity contribution is 7.98. The van der Waals surface area contributed by atoms with Gasteiger partial charge >= 0.3 is 5.97 Å². The molecule has 17 heavy (non-hydrogen) atoms. The van der Waals surface area contributed by atoms with E-state index in [-0.39, 0.29) is 11.6 Å². The molecule has 5 heteroatoms. The molecule has 0 saturated heterocycles. The second-order valence-corrected chi connectivity index (χ2v) is 4.97. The SMILES string of the molecule is CSCCC(C)Nc1nccc(C)c1C(=O)O. The predicted molar refractivity (Wildman–Crippen MR) is 72.0 cm³/mol. The monoisotopic (exact) mass is 254 g/mol. The van der Waals surface area contributed by atoms with E-state index >= 15 is 0 Å². The van der Waals surface area contributed by atoms with Gasteiger partial charge in [-0.25, -0.2) is 9.78 Å². The Bertz CT molecular complexity index is 396. The van der Waals surface area contributed by atoms with E-state index in [1.807, 2.05) is 6.92 Å². The van der Waals surface area contributed by atoms with Crippen LogP contribution in [0.15, 0.2) is 12.3 Å². The van der Waals surface area contributed by atoms with Crippen molar-refractivity contribution in [2.24, 2.45) is 0 Å². The molecule has 4 nitrogen and oxygen atoms in total. The number of carbonyl (C=O) groups is 1. The summed E-state index contributed by atoms with van der Waals surface area (Å²) in [6.45, 7) is 3.81. The van der Waals surface area contributed by atoms with Gasteiger partial charge in [-0.1, -0.05) is 0 Å². The predicted octanol–water partition coefficient (Wildman–Crippen LogP) is 2.64. The summed E-state index contributed by atoms with van der Waals surface area (Å²) in [4.78, 5) is 15.3. The molecule has 0 amide bonds. The van der Waals surface area contributed by atoms with E-state index in [1.165, 1.54) is 0 Å². The van der Waals surface area contributed by atoms with Crippen LogP contribution in [0.25, 0.3) is 0 Å². The first kappa shape index (κ1) is 13.8. The van der Waals surface area contributed by atoms with Gasteiger partial charge in [0, 0.05) is 12.2 Å². The van der Waals surface area contributed by atoms with Crippen LogP contribution in [0.1, 0.15) is 29.3 Å². The molecule has 1 rings (SSSR count). The first-order valence-corrected chi connectivity index (χ1v) is 6.90. The average Bonchev–Trinajstić information content (AvgIpc) is 2.25. The number of carboxylic acid groups (broad SMARTS) is 1. The Morgan fingerprint density at radius 2 is 2.35 bits per heavy atom. The third kappa shape index (κ3) is 3.93. The molecule has 0 fully saturated rings. The maximum Gasteiger partial charge on any atom is 0.339 e. The van der Waals surface area contributed by atoms with E-state index in [9.17, 15) is 4.79 Å². The molecule has 0 spiro atoms. The Balaban J connectivity index is 2.83. The molecule has 0 aliphatic carbocycles. The van der Waals surface area contributed by atoms with Gasteiger partial charge in [-0.05, 0) is 43.9 Å². The Morgan fingerprint density at radius 3 is 2.94 bits per heavy atom. The molecule has 0 radical (unpaired) electrons. The summed E-state index contributed by atoms with van der Waals surface area (Å²) < 4.78 is 0. The van der Waals surface area contributed by atoms with E-state index in [4.69, 9.17) is 5.11 Å². The molecule has 1 heterocycles. The third-order valence-electron chi connectivity index (χ3n) is 2.51. The molecule has 0 aromatic carbocycles. The lowest BCUT2D eigenvalue weighted by molar-refractivity contribution is 0.0697. The zero-order valence-corrected chi connectivity index (χ0v) is 11.2. The number of rotatable bonds is 6. The molecule has 0 aliphatic heterocycles. The van der Waals surface area contributed by atoms with Gasteiger partial charge in [0.25, 0.3) is 0 Å². The van der Waals surface area contributed by atoms with Gasteiger partial charge in [0.15, 0.2) is 0 Å². The van der Waals surface area contributed by atoms with Crippen molar-refractivity contribution in [1.82, 2.24) is 4.98 Å². The summed E-state index contributed by atoms with van der Waals surface area (Å²) in [6.07, 6.45) is 4.67. The molecule has 1 unspecified atom stereocenters. The van der Waals surface area contributed by atoms with Crippen LogP contribution in [0, 0.1) is 6.92 Å². The average molecular weight is 254 g/mol. The number of aryl methyl sites for hydroxylation is 1. The van der Waals surface area contributed by atoms with Crippen LogP contribution in [0.3, 0.4) is 0 Å². The fraction of sp³-hybridized carbons (Fsp3) is 0.500. The third-order valence-corrected chi connectivity index (χ3v) is 3.16. The Hall–Kier alpha value is -1.23. The van der Waals surface area contributed by atoms with Gasteiger partial charge < -0.3 is 10.4 Å². The van der Waals surface area contributed by atoms with Crippen LogP contribution in [0.4, 0.5) is 5.82 Å². The summed E-state index contributed by atoms with van der Waals surface area (Å²) in [5, 5.41) is 12.3. The van der Waals surface area contributed by atoms with Gasteiger partial charge in [0.2, 0.25) is 0 Å². The van der Waals surface area contributed by atoms with Crippen molar-refractivity contribution < 1.29 is 9.90 Å². The first-order chi connectivity index (χ1) is 8.06. The number of hydrogen-bond donors (Lipinski definition) is 2. The van der Waals surface area contributed by atoms with E-state index < -0.39 is 5.97 Å². The molecule has 1 atom stereocenters. The Labute approximate surface area is 106 Å². The zero-order chi connectivity index (χ0) is 12.8. The number of anilines is 1. The van der Waals surface area contributed by atoms with Crippen molar-refractivity contribution in [3.8, 4) is 0 Å². The van der Waals surface area contributed by atoms with E-state index in [0.717, 1.165) is 17.7 Å². The van der Waals surface area contributed by atoms with Gasteiger partial charge in [-0.15, -0.1) is 0 Å². The summed E-state index contributed by atoms with van der Waals surface area (Å²) in [5.74, 6) is 0.573. The minimum Gasteiger partial charge on any atom is -0.478 e. The molecule has 94 valence electrons. The number of pyridine rings is 1. The van der Waals surface area contributed by atoms with Crippen molar-refractivity contribution in [1.29, 1.82) is 0 Å². The highest BCUT2D eigenvalue weighted by atomic mass is 32.2. The minimum atomic E-state index is -0.935. The molecule has 1 aromatic heterocycles. The molecular weight excluding hydrogens is 236 g/mol. The highest BCUT2D eigenvalue weighted by Gasteiger charge is 2.15. The maximum absolute atomic E-state index is 11.2. The summed E-state index contributed by atoms with van der Waals surface area (Å²) >= 11 is 1.78. The number of aromatic nitrogens is 1. The van der Waals surface area contributed by atoms with Gasteiger partial charge in [0.05, 0.1) is 0 Å². The minimum absolute atomic E-state index is 0.217. The van der Waals surface area contributed by atoms with Crippen LogP contribution in [0.5, 0.6) is 0 Å². The fourth-order valence-electron chi connectivity index (χ4n) is 1.54. The Morgan fingerprint density at radius 1 is 1.65 bits per heavy atom. The topological polar surface area (TPSA) is 62.2 Å². The second kappa shape index (κ2) is 6.49. The van der Waals surface area contributed by atoms with Crippen LogP contribution in [-0.2, 0) is 0 Å². The van der Waals surface area contributed by atoms with Crippen LogP contribution in [-0.4, -0.2) is 34.1 Å². The normalized spacial score (nSPS) is 12.2. The van der Waals surface area contributed by atoms with Crippen molar-refractivity contribution in [2.75, 3.05) is 17.3 Å². The largest absolute Gasteiger partial charge is 0.478 e. The lowest BCUT2D eigenvalue weighted by atomic mass is 10.1. The first-order valence-electron chi connectivity index (χ1n) is 5.50. The number of carboxylic acids is 1. The number of hydrogen-bond acceptors (Lipinski definition) is 4. The van der Waals surface area contributed by atoms with Gasteiger partial charge in [-0.2, -0.15) is 11.8 Å². The highest BCUT2D eigenvalue weighted by Crippen LogP contribution is 2.18. The van der Waals surface area contributed by atoms with E-state index in [1.54, 1.807) is 30.9 Å². The fourth-order valence-corrected chi connectivity index (χ4v) is 2.13. The zero-order valence-electron chi connectivity index (χ0n) is 10.4.